The van der Waals surface area contributed by atoms with E-state index < -0.39 is 0 Å². The Bertz CT molecular complexity index is 663. The molecule has 0 aromatic heterocycles. The summed E-state index contributed by atoms with van der Waals surface area (Å²) in [6, 6.07) is 9.61. The van der Waals surface area contributed by atoms with Crippen molar-refractivity contribution in [3.05, 3.63) is 58.4 Å². The van der Waals surface area contributed by atoms with Crippen LogP contribution < -0.4 is 15.2 Å². The lowest BCUT2D eigenvalue weighted by molar-refractivity contribution is 0.171. The van der Waals surface area contributed by atoms with Gasteiger partial charge in [0.2, 0.25) is 0 Å². The first-order valence-corrected chi connectivity index (χ1v) is 7.10. The van der Waals surface area contributed by atoms with Crippen molar-refractivity contribution in [1.82, 2.24) is 0 Å². The van der Waals surface area contributed by atoms with E-state index in [9.17, 15) is 4.39 Å². The van der Waals surface area contributed by atoms with Gasteiger partial charge in [-0.05, 0) is 47.9 Å². The summed E-state index contributed by atoms with van der Waals surface area (Å²) < 4.78 is 24.3. The van der Waals surface area contributed by atoms with Gasteiger partial charge in [-0.1, -0.05) is 17.7 Å². The SMILES string of the molecule is NC(Cc1cc(F)ccc1Cl)c1ccc2c(c1)OCCO2. The quantitative estimate of drug-likeness (QED) is 0.944. The van der Waals surface area contributed by atoms with Crippen LogP contribution in [0.4, 0.5) is 4.39 Å². The Hall–Kier alpha value is -1.78. The number of nitrogens with two attached hydrogens (primary N) is 1. The smallest absolute Gasteiger partial charge is 0.161 e. The van der Waals surface area contributed by atoms with Crippen LogP contribution >= 0.6 is 11.6 Å². The van der Waals surface area contributed by atoms with Gasteiger partial charge in [0.25, 0.3) is 0 Å². The number of benzene rings is 2. The van der Waals surface area contributed by atoms with Crippen LogP contribution in [0.25, 0.3) is 0 Å². The number of hydrogen-bond donors (Lipinski definition) is 1. The largest absolute Gasteiger partial charge is 0.486 e. The molecule has 0 saturated carbocycles. The van der Waals surface area contributed by atoms with Gasteiger partial charge in [-0.2, -0.15) is 0 Å². The highest BCUT2D eigenvalue weighted by Gasteiger charge is 2.16. The van der Waals surface area contributed by atoms with E-state index >= 15 is 0 Å². The van der Waals surface area contributed by atoms with Crippen LogP contribution in [0.5, 0.6) is 11.5 Å². The summed E-state index contributed by atoms with van der Waals surface area (Å²) in [4.78, 5) is 0. The molecule has 0 saturated heterocycles. The molecule has 0 radical (unpaired) electrons. The second-order valence-electron chi connectivity index (χ2n) is 4.95. The predicted molar refractivity (Wildman–Crippen MR) is 79.5 cm³/mol. The molecule has 0 aliphatic carbocycles. The first kappa shape index (κ1) is 14.2. The van der Waals surface area contributed by atoms with E-state index in [1.165, 1.54) is 12.1 Å². The average Bonchev–Trinajstić information content (AvgIpc) is 2.50. The fraction of sp³-hybridized carbons (Fsp3) is 0.250. The lowest BCUT2D eigenvalue weighted by atomic mass is 9.99. The van der Waals surface area contributed by atoms with Crippen LogP contribution in [0, 0.1) is 5.82 Å². The van der Waals surface area contributed by atoms with Crippen LogP contribution in [0.1, 0.15) is 17.2 Å². The zero-order valence-corrected chi connectivity index (χ0v) is 12.1. The van der Waals surface area contributed by atoms with E-state index in [-0.39, 0.29) is 11.9 Å². The molecule has 0 bridgehead atoms. The fourth-order valence-electron chi connectivity index (χ4n) is 2.35. The molecule has 1 atom stereocenters. The monoisotopic (exact) mass is 307 g/mol. The van der Waals surface area contributed by atoms with Crippen molar-refractivity contribution in [1.29, 1.82) is 0 Å². The highest BCUT2D eigenvalue weighted by atomic mass is 35.5. The Morgan fingerprint density at radius 2 is 1.86 bits per heavy atom. The molecule has 3 rings (SSSR count). The van der Waals surface area contributed by atoms with E-state index in [0.717, 1.165) is 11.3 Å². The maximum Gasteiger partial charge on any atom is 0.161 e. The summed E-state index contributed by atoms with van der Waals surface area (Å²) >= 11 is 6.08. The Kier molecular flexibility index (Phi) is 3.99. The van der Waals surface area contributed by atoms with Crippen molar-refractivity contribution < 1.29 is 13.9 Å². The standard InChI is InChI=1S/C16H15ClFNO2/c17-13-3-2-12(18)7-11(13)8-14(19)10-1-4-15-16(9-10)21-6-5-20-15/h1-4,7,9,14H,5-6,8,19H2. The molecular formula is C16H15ClFNO2. The van der Waals surface area contributed by atoms with Crippen molar-refractivity contribution in [3.63, 3.8) is 0 Å². The summed E-state index contributed by atoms with van der Waals surface area (Å²) in [5, 5.41) is 0.518. The van der Waals surface area contributed by atoms with Gasteiger partial charge in [0.15, 0.2) is 11.5 Å². The van der Waals surface area contributed by atoms with Crippen molar-refractivity contribution in [2.24, 2.45) is 5.73 Å². The molecule has 0 fully saturated rings. The second kappa shape index (κ2) is 5.92. The molecule has 0 amide bonds. The third-order valence-corrected chi connectivity index (χ3v) is 3.81. The molecule has 1 heterocycles. The molecule has 1 aliphatic rings. The highest BCUT2D eigenvalue weighted by Crippen LogP contribution is 2.33. The van der Waals surface area contributed by atoms with Gasteiger partial charge in [-0.3, -0.25) is 0 Å². The van der Waals surface area contributed by atoms with Gasteiger partial charge in [0.1, 0.15) is 19.0 Å². The first-order valence-electron chi connectivity index (χ1n) is 6.72. The number of ether oxygens (including phenoxy) is 2. The number of rotatable bonds is 3. The fourth-order valence-corrected chi connectivity index (χ4v) is 2.54. The van der Waals surface area contributed by atoms with Gasteiger partial charge in [-0.25, -0.2) is 4.39 Å². The first-order chi connectivity index (χ1) is 10.1. The summed E-state index contributed by atoms with van der Waals surface area (Å²) in [6.07, 6.45) is 0.455. The van der Waals surface area contributed by atoms with Crippen molar-refractivity contribution in [3.8, 4) is 11.5 Å². The molecule has 2 aromatic carbocycles. The minimum Gasteiger partial charge on any atom is -0.486 e. The molecule has 0 spiro atoms. The van der Waals surface area contributed by atoms with E-state index in [2.05, 4.69) is 0 Å². The summed E-state index contributed by atoms with van der Waals surface area (Å²) in [5.41, 5.74) is 7.80. The summed E-state index contributed by atoms with van der Waals surface area (Å²) in [5.74, 6) is 1.10. The van der Waals surface area contributed by atoms with E-state index in [1.54, 1.807) is 6.07 Å². The van der Waals surface area contributed by atoms with Crippen molar-refractivity contribution in [2.75, 3.05) is 13.2 Å². The Balaban J connectivity index is 1.82. The van der Waals surface area contributed by atoms with E-state index in [1.807, 2.05) is 18.2 Å². The van der Waals surface area contributed by atoms with Gasteiger partial charge < -0.3 is 15.2 Å². The number of fused-ring (bicyclic) bond motifs is 1. The van der Waals surface area contributed by atoms with Gasteiger partial charge >= 0.3 is 0 Å². The number of halogens is 2. The lowest BCUT2D eigenvalue weighted by Crippen LogP contribution is -2.17. The van der Waals surface area contributed by atoms with Gasteiger partial charge in [0.05, 0.1) is 0 Å². The minimum atomic E-state index is -0.316. The summed E-state index contributed by atoms with van der Waals surface area (Å²) in [6.45, 7) is 1.08. The molecule has 2 N–H and O–H groups in total. The van der Waals surface area contributed by atoms with E-state index in [4.69, 9.17) is 26.8 Å². The summed E-state index contributed by atoms with van der Waals surface area (Å²) in [7, 11) is 0. The molecule has 1 unspecified atom stereocenters. The van der Waals surface area contributed by atoms with Crippen molar-refractivity contribution >= 4 is 11.6 Å². The maximum atomic E-state index is 13.3. The van der Waals surface area contributed by atoms with E-state index in [0.29, 0.717) is 36.0 Å². The topological polar surface area (TPSA) is 44.5 Å². The molecule has 21 heavy (non-hydrogen) atoms. The maximum absolute atomic E-state index is 13.3. The average molecular weight is 308 g/mol. The third-order valence-electron chi connectivity index (χ3n) is 3.44. The molecule has 3 nitrogen and oxygen atoms in total. The molecule has 5 heteroatoms. The molecule has 1 aliphatic heterocycles. The van der Waals surface area contributed by atoms with Crippen LogP contribution in [0.3, 0.4) is 0 Å². The zero-order chi connectivity index (χ0) is 14.8. The molecule has 110 valence electrons. The van der Waals surface area contributed by atoms with Gasteiger partial charge in [-0.15, -0.1) is 0 Å². The minimum absolute atomic E-state index is 0.292. The molecule has 2 aromatic rings. The van der Waals surface area contributed by atoms with Crippen molar-refractivity contribution in [2.45, 2.75) is 12.5 Å². The lowest BCUT2D eigenvalue weighted by Gasteiger charge is -2.20. The van der Waals surface area contributed by atoms with Crippen LogP contribution in [-0.4, -0.2) is 13.2 Å². The Morgan fingerprint density at radius 3 is 2.67 bits per heavy atom. The number of hydrogen-bond acceptors (Lipinski definition) is 3. The highest BCUT2D eigenvalue weighted by molar-refractivity contribution is 6.31. The molecular weight excluding hydrogens is 293 g/mol. The normalized spacial score (nSPS) is 14.8. The second-order valence-corrected chi connectivity index (χ2v) is 5.36. The van der Waals surface area contributed by atoms with Crippen LogP contribution in [0.15, 0.2) is 36.4 Å². The Morgan fingerprint density at radius 1 is 1.10 bits per heavy atom. The third kappa shape index (κ3) is 3.12. The zero-order valence-electron chi connectivity index (χ0n) is 11.3. The van der Waals surface area contributed by atoms with Crippen LogP contribution in [-0.2, 0) is 6.42 Å². The Labute approximate surface area is 127 Å². The predicted octanol–water partition coefficient (Wildman–Crippen LogP) is 3.49. The van der Waals surface area contributed by atoms with Gasteiger partial charge in [0, 0.05) is 11.1 Å². The van der Waals surface area contributed by atoms with Crippen LogP contribution in [0.2, 0.25) is 5.02 Å².